The van der Waals surface area contributed by atoms with E-state index in [2.05, 4.69) is 36.3 Å². The van der Waals surface area contributed by atoms with Gasteiger partial charge in [0, 0.05) is 16.1 Å². The van der Waals surface area contributed by atoms with Crippen LogP contribution >= 0.6 is 27.3 Å². The van der Waals surface area contributed by atoms with Crippen molar-refractivity contribution in [1.82, 2.24) is 15.0 Å². The van der Waals surface area contributed by atoms with Gasteiger partial charge in [-0.2, -0.15) is 4.98 Å². The molecule has 0 bridgehead atoms. The molecule has 6 nitrogen and oxygen atoms in total. The topological polar surface area (TPSA) is 71.3 Å². The van der Waals surface area contributed by atoms with Crippen molar-refractivity contribution in [1.29, 1.82) is 0 Å². The second-order valence-corrected chi connectivity index (χ2v) is 8.41. The summed E-state index contributed by atoms with van der Waals surface area (Å²) in [6, 6.07) is 11.6. The lowest BCUT2D eigenvalue weighted by atomic mass is 9.97. The number of likely N-dealkylation sites (tertiary alicyclic amines) is 1. The second-order valence-electron chi connectivity index (χ2n) is 6.54. The molecule has 4 rings (SSSR count). The minimum atomic E-state index is 0.00400. The van der Waals surface area contributed by atoms with E-state index < -0.39 is 0 Å². The van der Waals surface area contributed by atoms with Crippen LogP contribution in [-0.2, 0) is 4.79 Å². The van der Waals surface area contributed by atoms with E-state index in [1.165, 1.54) is 0 Å². The molecule has 1 saturated heterocycles. The lowest BCUT2D eigenvalue weighted by Crippen LogP contribution is -2.38. The van der Waals surface area contributed by atoms with Crippen LogP contribution in [0.3, 0.4) is 0 Å². The van der Waals surface area contributed by atoms with Gasteiger partial charge in [0.25, 0.3) is 0 Å². The monoisotopic (exact) mass is 446 g/mol. The number of carbonyl (C=O) groups excluding carboxylic acids is 1. The minimum absolute atomic E-state index is 0.00400. The molecule has 0 radical (unpaired) electrons. The van der Waals surface area contributed by atoms with Gasteiger partial charge < -0.3 is 9.84 Å². The average molecular weight is 447 g/mol. The Morgan fingerprint density at radius 2 is 2.15 bits per heavy atom. The first-order chi connectivity index (χ1) is 13.2. The Kier molecular flexibility index (Phi) is 5.66. The van der Waals surface area contributed by atoms with Gasteiger partial charge in [-0.3, -0.25) is 9.69 Å². The molecule has 0 saturated carbocycles. The quantitative estimate of drug-likeness (QED) is 0.629. The van der Waals surface area contributed by atoms with E-state index in [9.17, 15) is 4.79 Å². The number of nitrogens with one attached hydrogen (secondary N) is 1. The maximum atomic E-state index is 12.3. The van der Waals surface area contributed by atoms with Crippen molar-refractivity contribution in [2.45, 2.75) is 18.8 Å². The Bertz CT molecular complexity index is 904. The van der Waals surface area contributed by atoms with Gasteiger partial charge in [-0.1, -0.05) is 33.2 Å². The van der Waals surface area contributed by atoms with Crippen LogP contribution in [0.2, 0.25) is 0 Å². The molecular weight excluding hydrogens is 428 g/mol. The molecule has 8 heteroatoms. The fourth-order valence-electron chi connectivity index (χ4n) is 3.21. The third-order valence-corrected chi connectivity index (χ3v) is 5.95. The summed E-state index contributed by atoms with van der Waals surface area (Å²) in [6.07, 6.45) is 1.83. The summed E-state index contributed by atoms with van der Waals surface area (Å²) in [4.78, 5) is 20.0. The standard InChI is InChI=1S/C19H19BrN4O2S/c20-14-3-1-4-15(11-14)21-17(25)12-24-8-6-13(7-9-24)19-22-18(23-26-19)16-5-2-10-27-16/h1-5,10-11,13H,6-9,12H2,(H,21,25). The molecule has 3 heterocycles. The normalized spacial score (nSPS) is 15.7. The summed E-state index contributed by atoms with van der Waals surface area (Å²) < 4.78 is 6.42. The molecule has 3 aromatic rings. The highest BCUT2D eigenvalue weighted by Gasteiger charge is 2.26. The van der Waals surface area contributed by atoms with Crippen LogP contribution in [0.15, 0.2) is 50.8 Å². The highest BCUT2D eigenvalue weighted by atomic mass is 79.9. The van der Waals surface area contributed by atoms with Crippen molar-refractivity contribution < 1.29 is 9.32 Å². The van der Waals surface area contributed by atoms with Gasteiger partial charge in [0.15, 0.2) is 0 Å². The lowest BCUT2D eigenvalue weighted by molar-refractivity contribution is -0.117. The van der Waals surface area contributed by atoms with E-state index >= 15 is 0 Å². The van der Waals surface area contributed by atoms with E-state index in [0.29, 0.717) is 18.3 Å². The van der Waals surface area contributed by atoms with Crippen LogP contribution in [0.1, 0.15) is 24.7 Å². The maximum absolute atomic E-state index is 12.3. The van der Waals surface area contributed by atoms with Crippen molar-refractivity contribution >= 4 is 38.9 Å². The molecular formula is C19H19BrN4O2S. The molecule has 0 unspecified atom stereocenters. The van der Waals surface area contributed by atoms with Crippen molar-refractivity contribution in [3.8, 4) is 10.7 Å². The SMILES string of the molecule is O=C(CN1CCC(c2nc(-c3cccs3)no2)CC1)Nc1cccc(Br)c1. The molecule has 0 atom stereocenters. The summed E-state index contributed by atoms with van der Waals surface area (Å²) >= 11 is 5.02. The number of anilines is 1. The van der Waals surface area contributed by atoms with E-state index in [1.54, 1.807) is 11.3 Å². The van der Waals surface area contributed by atoms with Gasteiger partial charge in [-0.05, 0) is 55.6 Å². The largest absolute Gasteiger partial charge is 0.339 e. The van der Waals surface area contributed by atoms with E-state index in [4.69, 9.17) is 4.52 Å². The highest BCUT2D eigenvalue weighted by molar-refractivity contribution is 9.10. The maximum Gasteiger partial charge on any atom is 0.238 e. The Morgan fingerprint density at radius 3 is 2.89 bits per heavy atom. The number of benzene rings is 1. The Hall–Kier alpha value is -2.03. The molecule has 1 amide bonds. The number of halogens is 1. The average Bonchev–Trinajstić information content (AvgIpc) is 3.34. The molecule has 0 spiro atoms. The summed E-state index contributed by atoms with van der Waals surface area (Å²) in [5.41, 5.74) is 0.802. The van der Waals surface area contributed by atoms with E-state index in [1.807, 2.05) is 41.8 Å². The molecule has 1 N–H and O–H groups in total. The summed E-state index contributed by atoms with van der Waals surface area (Å²) in [6.45, 7) is 2.07. The number of hydrogen-bond acceptors (Lipinski definition) is 6. The molecule has 27 heavy (non-hydrogen) atoms. The first kappa shape index (κ1) is 18.3. The second kappa shape index (κ2) is 8.33. The smallest absolute Gasteiger partial charge is 0.238 e. The number of nitrogens with zero attached hydrogens (tertiary/aromatic N) is 3. The predicted octanol–water partition coefficient (Wildman–Crippen LogP) is 4.38. The van der Waals surface area contributed by atoms with Crippen LogP contribution in [0.4, 0.5) is 5.69 Å². The summed E-state index contributed by atoms with van der Waals surface area (Å²) in [5, 5.41) is 9.04. The highest BCUT2D eigenvalue weighted by Crippen LogP contribution is 2.29. The molecule has 1 aliphatic rings. The Balaban J connectivity index is 1.28. The first-order valence-electron chi connectivity index (χ1n) is 8.82. The van der Waals surface area contributed by atoms with Crippen molar-refractivity contribution in [3.05, 3.63) is 52.1 Å². The number of carbonyl (C=O) groups is 1. The van der Waals surface area contributed by atoms with Crippen molar-refractivity contribution in [3.63, 3.8) is 0 Å². The zero-order valence-electron chi connectivity index (χ0n) is 14.6. The zero-order valence-corrected chi connectivity index (χ0v) is 17.0. The number of thiophene rings is 1. The third kappa shape index (κ3) is 4.63. The van der Waals surface area contributed by atoms with Crippen LogP contribution in [0, 0.1) is 0 Å². The molecule has 2 aromatic heterocycles. The van der Waals surface area contributed by atoms with Gasteiger partial charge in [0.1, 0.15) is 0 Å². The minimum Gasteiger partial charge on any atom is -0.339 e. The van der Waals surface area contributed by atoms with Crippen LogP contribution in [0.5, 0.6) is 0 Å². The molecule has 140 valence electrons. The van der Waals surface area contributed by atoms with Gasteiger partial charge in [-0.25, -0.2) is 0 Å². The van der Waals surface area contributed by atoms with Gasteiger partial charge >= 0.3 is 0 Å². The fourth-order valence-corrected chi connectivity index (χ4v) is 4.26. The van der Waals surface area contributed by atoms with Crippen LogP contribution < -0.4 is 5.32 Å². The van der Waals surface area contributed by atoms with Gasteiger partial charge in [0.2, 0.25) is 17.6 Å². The van der Waals surface area contributed by atoms with Gasteiger partial charge in [0.05, 0.1) is 11.4 Å². The molecule has 0 aliphatic carbocycles. The number of hydrogen-bond donors (Lipinski definition) is 1. The third-order valence-electron chi connectivity index (χ3n) is 4.60. The molecule has 1 aromatic carbocycles. The van der Waals surface area contributed by atoms with Crippen molar-refractivity contribution in [2.24, 2.45) is 0 Å². The fraction of sp³-hybridized carbons (Fsp3) is 0.316. The number of rotatable bonds is 5. The van der Waals surface area contributed by atoms with Crippen molar-refractivity contribution in [2.75, 3.05) is 25.0 Å². The molecule has 1 aliphatic heterocycles. The predicted molar refractivity (Wildman–Crippen MR) is 109 cm³/mol. The Labute approximate surface area is 169 Å². The van der Waals surface area contributed by atoms with Crippen LogP contribution in [0.25, 0.3) is 10.7 Å². The summed E-state index contributed by atoms with van der Waals surface area (Å²) in [5.74, 6) is 1.63. The number of aromatic nitrogens is 2. The lowest BCUT2D eigenvalue weighted by Gasteiger charge is -2.29. The number of amides is 1. The van der Waals surface area contributed by atoms with Gasteiger partial charge in [-0.15, -0.1) is 11.3 Å². The van der Waals surface area contributed by atoms with E-state index in [-0.39, 0.29) is 11.8 Å². The Morgan fingerprint density at radius 1 is 1.30 bits per heavy atom. The van der Waals surface area contributed by atoms with E-state index in [0.717, 1.165) is 41.0 Å². The first-order valence-corrected chi connectivity index (χ1v) is 10.5. The zero-order chi connectivity index (χ0) is 18.6. The summed E-state index contributed by atoms with van der Waals surface area (Å²) in [7, 11) is 0. The molecule has 1 fully saturated rings. The number of piperidine rings is 1. The van der Waals surface area contributed by atoms with Crippen LogP contribution in [-0.4, -0.2) is 40.6 Å².